The summed E-state index contributed by atoms with van der Waals surface area (Å²) in [5.74, 6) is -3.87. The Morgan fingerprint density at radius 1 is 1.06 bits per heavy atom. The summed E-state index contributed by atoms with van der Waals surface area (Å²) >= 11 is 12.3. The van der Waals surface area contributed by atoms with Crippen LogP contribution in [0.1, 0.15) is 42.9 Å². The molecule has 178 valence electrons. The summed E-state index contributed by atoms with van der Waals surface area (Å²) in [5.41, 5.74) is 0.791. The normalized spacial score (nSPS) is 14.5. The van der Waals surface area contributed by atoms with E-state index in [1.54, 1.807) is 24.3 Å². The fourth-order valence-corrected chi connectivity index (χ4v) is 4.31. The Morgan fingerprint density at radius 2 is 1.76 bits per heavy atom. The topological polar surface area (TPSA) is 38.3 Å². The smallest absolute Gasteiger partial charge is 0.273 e. The fraction of sp³-hybridized carbons (Fsp3) is 0.269. The van der Waals surface area contributed by atoms with Crippen LogP contribution >= 0.6 is 23.2 Å². The van der Waals surface area contributed by atoms with Crippen LogP contribution in [0.25, 0.3) is 0 Å². The highest BCUT2D eigenvalue weighted by molar-refractivity contribution is 6.35. The highest BCUT2D eigenvalue weighted by Gasteiger charge is 2.49. The molecule has 0 aromatic heterocycles. The molecule has 3 aromatic rings. The van der Waals surface area contributed by atoms with Crippen LogP contribution in [-0.2, 0) is 22.7 Å². The molecule has 0 heterocycles. The average molecular weight is 508 g/mol. The molecule has 1 aliphatic rings. The molecule has 0 saturated heterocycles. The van der Waals surface area contributed by atoms with Crippen molar-refractivity contribution >= 4 is 34.8 Å². The standard InChI is InChI=1S/C26H22Cl2F3NO2/c1-2-26(30,31)17-5-3-16(4-6-17)13-24(33)32-19-8-10-23(22(29)15-19)34-25(11-12-25)20-9-7-18(27)14-21(20)28/h3-10,14-15H,2,11-13H2,1H3,(H,32,33). The first-order valence-electron chi connectivity index (χ1n) is 10.8. The fourth-order valence-electron chi connectivity index (χ4n) is 3.73. The zero-order valence-corrected chi connectivity index (χ0v) is 19.8. The van der Waals surface area contributed by atoms with Gasteiger partial charge in [0.25, 0.3) is 5.92 Å². The molecule has 1 saturated carbocycles. The van der Waals surface area contributed by atoms with Crippen LogP contribution in [0, 0.1) is 5.82 Å². The summed E-state index contributed by atoms with van der Waals surface area (Å²) in [5, 5.41) is 3.59. The summed E-state index contributed by atoms with van der Waals surface area (Å²) in [6.07, 6.45) is 1.05. The number of anilines is 1. The van der Waals surface area contributed by atoms with Gasteiger partial charge in [-0.3, -0.25) is 4.79 Å². The summed E-state index contributed by atoms with van der Waals surface area (Å²) in [6.45, 7) is 1.41. The minimum atomic E-state index is -2.90. The highest BCUT2D eigenvalue weighted by atomic mass is 35.5. The maximum Gasteiger partial charge on any atom is 0.273 e. The van der Waals surface area contributed by atoms with E-state index in [0.29, 0.717) is 28.5 Å². The number of amides is 1. The van der Waals surface area contributed by atoms with Gasteiger partial charge in [-0.05, 0) is 42.7 Å². The SMILES string of the molecule is CCC(F)(F)c1ccc(CC(=O)Nc2ccc(OC3(c4ccc(Cl)cc4Cl)CC3)c(F)c2)cc1. The van der Waals surface area contributed by atoms with Crippen molar-refractivity contribution in [2.75, 3.05) is 5.32 Å². The Balaban J connectivity index is 1.40. The van der Waals surface area contributed by atoms with E-state index in [9.17, 15) is 18.0 Å². The lowest BCUT2D eigenvalue weighted by atomic mass is 10.0. The molecule has 0 unspecified atom stereocenters. The van der Waals surface area contributed by atoms with Crippen molar-refractivity contribution < 1.29 is 22.7 Å². The van der Waals surface area contributed by atoms with Crippen LogP contribution in [0.15, 0.2) is 60.7 Å². The summed E-state index contributed by atoms with van der Waals surface area (Å²) in [6, 6.07) is 14.9. The van der Waals surface area contributed by atoms with Crippen LogP contribution in [0.2, 0.25) is 10.0 Å². The quantitative estimate of drug-likeness (QED) is 0.336. The molecule has 1 fully saturated rings. The third-order valence-electron chi connectivity index (χ3n) is 5.83. The van der Waals surface area contributed by atoms with E-state index in [1.165, 1.54) is 43.3 Å². The number of ether oxygens (including phenoxy) is 1. The van der Waals surface area contributed by atoms with Crippen LogP contribution < -0.4 is 10.1 Å². The number of nitrogens with one attached hydrogen (secondary N) is 1. The third kappa shape index (κ3) is 5.34. The zero-order chi connectivity index (χ0) is 24.5. The van der Waals surface area contributed by atoms with E-state index in [0.717, 1.165) is 5.56 Å². The van der Waals surface area contributed by atoms with E-state index in [1.807, 2.05) is 0 Å². The molecule has 0 atom stereocenters. The Kier molecular flexibility index (Phi) is 6.83. The molecule has 4 rings (SSSR count). The largest absolute Gasteiger partial charge is 0.479 e. The molecule has 1 amide bonds. The molecule has 3 aromatic carbocycles. The minimum absolute atomic E-state index is 0.0317. The van der Waals surface area contributed by atoms with E-state index >= 15 is 0 Å². The lowest BCUT2D eigenvalue weighted by Gasteiger charge is -2.20. The van der Waals surface area contributed by atoms with Crippen LogP contribution in [0.4, 0.5) is 18.9 Å². The van der Waals surface area contributed by atoms with E-state index < -0.39 is 23.2 Å². The van der Waals surface area contributed by atoms with Gasteiger partial charge in [0.2, 0.25) is 5.91 Å². The average Bonchev–Trinajstić information content (AvgIpc) is 3.56. The van der Waals surface area contributed by atoms with Gasteiger partial charge in [0, 0.05) is 39.3 Å². The van der Waals surface area contributed by atoms with Gasteiger partial charge in [-0.1, -0.05) is 60.5 Å². The second kappa shape index (κ2) is 9.51. The van der Waals surface area contributed by atoms with E-state index in [4.69, 9.17) is 27.9 Å². The number of hydrogen-bond donors (Lipinski definition) is 1. The third-order valence-corrected chi connectivity index (χ3v) is 6.38. The van der Waals surface area contributed by atoms with Gasteiger partial charge in [-0.2, -0.15) is 0 Å². The molecular weight excluding hydrogens is 486 g/mol. The van der Waals surface area contributed by atoms with Gasteiger partial charge in [0.1, 0.15) is 5.60 Å². The summed E-state index contributed by atoms with van der Waals surface area (Å²) < 4.78 is 48.2. The molecule has 3 nitrogen and oxygen atoms in total. The van der Waals surface area contributed by atoms with Crippen molar-refractivity contribution in [2.24, 2.45) is 0 Å². The van der Waals surface area contributed by atoms with Gasteiger partial charge in [0.05, 0.1) is 6.42 Å². The van der Waals surface area contributed by atoms with Gasteiger partial charge >= 0.3 is 0 Å². The first-order chi connectivity index (χ1) is 16.1. The number of carbonyl (C=O) groups is 1. The van der Waals surface area contributed by atoms with E-state index in [-0.39, 0.29) is 29.8 Å². The number of rotatable bonds is 8. The van der Waals surface area contributed by atoms with Crippen molar-refractivity contribution in [2.45, 2.75) is 44.1 Å². The second-order valence-electron chi connectivity index (χ2n) is 8.35. The van der Waals surface area contributed by atoms with E-state index in [2.05, 4.69) is 5.32 Å². The molecule has 1 aliphatic carbocycles. The number of alkyl halides is 2. The van der Waals surface area contributed by atoms with Crippen LogP contribution in [0.5, 0.6) is 5.75 Å². The minimum Gasteiger partial charge on any atom is -0.479 e. The maximum absolute atomic E-state index is 14.8. The first kappa shape index (κ1) is 24.4. The Bertz CT molecular complexity index is 1210. The van der Waals surface area contributed by atoms with Crippen molar-refractivity contribution in [3.63, 3.8) is 0 Å². The van der Waals surface area contributed by atoms with Gasteiger partial charge in [0.15, 0.2) is 11.6 Å². The Hall–Kier alpha value is -2.70. The van der Waals surface area contributed by atoms with Crippen molar-refractivity contribution in [3.05, 3.63) is 93.2 Å². The van der Waals surface area contributed by atoms with Crippen LogP contribution in [0.3, 0.4) is 0 Å². The molecule has 1 N–H and O–H groups in total. The number of hydrogen-bond acceptors (Lipinski definition) is 2. The number of halogens is 5. The molecule has 0 spiro atoms. The van der Waals surface area contributed by atoms with Crippen molar-refractivity contribution in [1.82, 2.24) is 0 Å². The Labute approximate surface area is 205 Å². The zero-order valence-electron chi connectivity index (χ0n) is 18.3. The lowest BCUT2D eigenvalue weighted by molar-refractivity contribution is -0.115. The maximum atomic E-state index is 14.8. The van der Waals surface area contributed by atoms with Gasteiger partial charge < -0.3 is 10.1 Å². The Morgan fingerprint density at radius 3 is 2.35 bits per heavy atom. The first-order valence-corrected chi connectivity index (χ1v) is 11.6. The summed E-state index contributed by atoms with van der Waals surface area (Å²) in [7, 11) is 0. The monoisotopic (exact) mass is 507 g/mol. The molecular formula is C26H22Cl2F3NO2. The van der Waals surface area contributed by atoms with Crippen molar-refractivity contribution in [1.29, 1.82) is 0 Å². The van der Waals surface area contributed by atoms with Gasteiger partial charge in [-0.15, -0.1) is 0 Å². The highest BCUT2D eigenvalue weighted by Crippen LogP contribution is 2.52. The second-order valence-corrected chi connectivity index (χ2v) is 9.19. The van der Waals surface area contributed by atoms with Crippen molar-refractivity contribution in [3.8, 4) is 5.75 Å². The lowest BCUT2D eigenvalue weighted by Crippen LogP contribution is -2.18. The molecule has 0 radical (unpaired) electrons. The molecule has 0 aliphatic heterocycles. The summed E-state index contributed by atoms with van der Waals surface area (Å²) in [4.78, 5) is 12.4. The molecule has 34 heavy (non-hydrogen) atoms. The number of benzene rings is 3. The molecule has 8 heteroatoms. The predicted octanol–water partition coefficient (Wildman–Crippen LogP) is 7.88. The van der Waals surface area contributed by atoms with Gasteiger partial charge in [-0.25, -0.2) is 13.2 Å². The number of carbonyl (C=O) groups excluding carboxylic acids is 1. The predicted molar refractivity (Wildman–Crippen MR) is 127 cm³/mol. The molecule has 0 bridgehead atoms. The van der Waals surface area contributed by atoms with Crippen LogP contribution in [-0.4, -0.2) is 5.91 Å².